The second kappa shape index (κ2) is 8.03. The maximum atomic E-state index is 12.5. The Labute approximate surface area is 177 Å². The summed E-state index contributed by atoms with van der Waals surface area (Å²) >= 11 is 11.2. The Morgan fingerprint density at radius 1 is 1.03 bits per heavy atom. The summed E-state index contributed by atoms with van der Waals surface area (Å²) in [4.78, 5) is 17.0. The summed E-state index contributed by atoms with van der Waals surface area (Å²) < 4.78 is 5.65. The second-order valence-electron chi connectivity index (χ2n) is 6.40. The van der Waals surface area contributed by atoms with Crippen LogP contribution in [0, 0.1) is 6.92 Å². The molecule has 1 amide bonds. The topological polar surface area (TPSA) is 67.2 Å². The molecule has 0 atom stereocenters. The fourth-order valence-corrected chi connectivity index (χ4v) is 3.24. The Morgan fingerprint density at radius 3 is 2.62 bits per heavy atom. The highest BCUT2D eigenvalue weighted by Crippen LogP contribution is 2.24. The van der Waals surface area contributed by atoms with Gasteiger partial charge in [-0.05, 0) is 79.8 Å². The van der Waals surface area contributed by atoms with Crippen LogP contribution in [0.15, 0.2) is 71.1 Å². The van der Waals surface area contributed by atoms with Gasteiger partial charge in [0.25, 0.3) is 5.91 Å². The van der Waals surface area contributed by atoms with Crippen LogP contribution in [0.25, 0.3) is 22.2 Å². The number of hydrogen-bond acceptors (Lipinski definition) is 4. The number of amides is 1. The van der Waals surface area contributed by atoms with Crippen LogP contribution in [-0.4, -0.2) is 16.0 Å². The van der Waals surface area contributed by atoms with E-state index in [0.29, 0.717) is 10.8 Å². The van der Waals surface area contributed by atoms with Gasteiger partial charge < -0.3 is 9.73 Å². The van der Waals surface area contributed by atoms with Gasteiger partial charge in [-0.1, -0.05) is 17.7 Å². The summed E-state index contributed by atoms with van der Waals surface area (Å²) in [6, 6.07) is 20.1. The zero-order chi connectivity index (χ0) is 20.4. The highest BCUT2D eigenvalue weighted by atomic mass is 35.5. The zero-order valence-electron chi connectivity index (χ0n) is 15.4. The molecule has 4 aromatic rings. The fourth-order valence-electron chi connectivity index (χ4n) is 2.91. The summed E-state index contributed by atoms with van der Waals surface area (Å²) in [6.07, 6.45) is 0. The predicted molar refractivity (Wildman–Crippen MR) is 119 cm³/mol. The molecule has 0 aliphatic heterocycles. The molecule has 0 spiro atoms. The van der Waals surface area contributed by atoms with E-state index >= 15 is 0 Å². The molecular formula is C22H16ClN3O2S. The van der Waals surface area contributed by atoms with E-state index in [1.54, 1.807) is 24.3 Å². The van der Waals surface area contributed by atoms with Crippen molar-refractivity contribution in [2.45, 2.75) is 6.92 Å². The Balaban J connectivity index is 1.47. The lowest BCUT2D eigenvalue weighted by atomic mass is 10.1. The van der Waals surface area contributed by atoms with Crippen molar-refractivity contribution in [1.82, 2.24) is 10.3 Å². The molecule has 2 aromatic heterocycles. The quantitative estimate of drug-likeness (QED) is 0.422. The number of furan rings is 1. The van der Waals surface area contributed by atoms with Gasteiger partial charge in [-0.25, -0.2) is 0 Å². The second-order valence-corrected chi connectivity index (χ2v) is 7.25. The predicted octanol–water partition coefficient (Wildman–Crippen LogP) is 5.58. The van der Waals surface area contributed by atoms with Crippen molar-refractivity contribution >= 4 is 51.4 Å². The number of carbonyl (C=O) groups excluding carboxylic acids is 1. The highest BCUT2D eigenvalue weighted by Gasteiger charge is 2.14. The van der Waals surface area contributed by atoms with Crippen molar-refractivity contribution in [3.63, 3.8) is 0 Å². The molecule has 144 valence electrons. The molecule has 0 unspecified atom stereocenters. The largest absolute Gasteiger partial charge is 0.451 e. The van der Waals surface area contributed by atoms with Crippen LogP contribution in [0.2, 0.25) is 5.02 Å². The number of hydrogen-bond donors (Lipinski definition) is 2. The zero-order valence-corrected chi connectivity index (χ0v) is 17.0. The summed E-state index contributed by atoms with van der Waals surface area (Å²) in [5.74, 6) is 0.299. The van der Waals surface area contributed by atoms with E-state index in [9.17, 15) is 4.79 Å². The number of carbonyl (C=O) groups is 1. The number of nitrogens with zero attached hydrogens (tertiary/aromatic N) is 1. The molecule has 4 rings (SSSR count). The molecular weight excluding hydrogens is 406 g/mol. The average molecular weight is 422 g/mol. The molecule has 2 heterocycles. The number of pyridine rings is 1. The molecule has 0 radical (unpaired) electrons. The van der Waals surface area contributed by atoms with Crippen molar-refractivity contribution in [2.75, 3.05) is 5.32 Å². The SMILES string of the molecule is Cc1ccc2c(NC(=S)NC(=O)c3ccc(-c4ccc(Cl)cc4)o3)cccc2n1. The molecule has 0 saturated heterocycles. The number of fused-ring (bicyclic) bond motifs is 1. The van der Waals surface area contributed by atoms with Crippen molar-refractivity contribution in [1.29, 1.82) is 0 Å². The lowest BCUT2D eigenvalue weighted by Gasteiger charge is -2.11. The summed E-state index contributed by atoms with van der Waals surface area (Å²) in [5, 5.41) is 7.41. The number of benzene rings is 2. The van der Waals surface area contributed by atoms with Crippen LogP contribution in [0.1, 0.15) is 16.2 Å². The van der Waals surface area contributed by atoms with Gasteiger partial charge in [0, 0.05) is 27.4 Å². The number of thiocarbonyl (C=S) groups is 1. The molecule has 0 bridgehead atoms. The summed E-state index contributed by atoms with van der Waals surface area (Å²) in [5.41, 5.74) is 3.37. The van der Waals surface area contributed by atoms with E-state index in [1.807, 2.05) is 49.4 Å². The third-order valence-electron chi connectivity index (χ3n) is 4.30. The minimum absolute atomic E-state index is 0.161. The number of anilines is 1. The Morgan fingerprint density at radius 2 is 1.83 bits per heavy atom. The van der Waals surface area contributed by atoms with Gasteiger partial charge >= 0.3 is 0 Å². The first-order valence-electron chi connectivity index (χ1n) is 8.84. The van der Waals surface area contributed by atoms with Gasteiger partial charge in [0.2, 0.25) is 0 Å². The lowest BCUT2D eigenvalue weighted by Crippen LogP contribution is -2.33. The first-order chi connectivity index (χ1) is 14.0. The van der Waals surface area contributed by atoms with Crippen LogP contribution >= 0.6 is 23.8 Å². The minimum Gasteiger partial charge on any atom is -0.451 e. The molecule has 29 heavy (non-hydrogen) atoms. The Hall–Kier alpha value is -3.22. The van der Waals surface area contributed by atoms with Crippen molar-refractivity contribution < 1.29 is 9.21 Å². The van der Waals surface area contributed by atoms with E-state index in [-0.39, 0.29) is 10.9 Å². The number of aromatic nitrogens is 1. The number of halogens is 1. The van der Waals surface area contributed by atoms with Crippen LogP contribution in [-0.2, 0) is 0 Å². The fraction of sp³-hybridized carbons (Fsp3) is 0.0455. The third-order valence-corrected chi connectivity index (χ3v) is 4.76. The molecule has 2 aromatic carbocycles. The highest BCUT2D eigenvalue weighted by molar-refractivity contribution is 7.80. The van der Waals surface area contributed by atoms with Crippen LogP contribution in [0.3, 0.4) is 0 Å². The van der Waals surface area contributed by atoms with Crippen LogP contribution < -0.4 is 10.6 Å². The van der Waals surface area contributed by atoms with Gasteiger partial charge in [0.1, 0.15) is 5.76 Å². The number of rotatable bonds is 3. The molecule has 0 aliphatic rings. The van der Waals surface area contributed by atoms with E-state index in [2.05, 4.69) is 15.6 Å². The van der Waals surface area contributed by atoms with Crippen molar-refractivity contribution in [2.24, 2.45) is 0 Å². The lowest BCUT2D eigenvalue weighted by molar-refractivity contribution is 0.0951. The first kappa shape index (κ1) is 19.1. The summed E-state index contributed by atoms with van der Waals surface area (Å²) in [6.45, 7) is 1.94. The van der Waals surface area contributed by atoms with Crippen molar-refractivity contribution in [3.05, 3.63) is 83.2 Å². The number of nitrogens with one attached hydrogen (secondary N) is 2. The van der Waals surface area contributed by atoms with E-state index in [0.717, 1.165) is 27.8 Å². The van der Waals surface area contributed by atoms with Crippen molar-refractivity contribution in [3.8, 4) is 11.3 Å². The number of aryl methyl sites for hydroxylation is 1. The maximum absolute atomic E-state index is 12.5. The minimum atomic E-state index is -0.433. The average Bonchev–Trinajstić information content (AvgIpc) is 3.19. The van der Waals surface area contributed by atoms with Crippen LogP contribution in [0.4, 0.5) is 5.69 Å². The molecule has 0 fully saturated rings. The van der Waals surface area contributed by atoms with E-state index < -0.39 is 5.91 Å². The normalized spacial score (nSPS) is 10.7. The van der Waals surface area contributed by atoms with E-state index in [1.165, 1.54) is 0 Å². The van der Waals surface area contributed by atoms with Crippen LogP contribution in [0.5, 0.6) is 0 Å². The monoisotopic (exact) mass is 421 g/mol. The molecule has 0 saturated carbocycles. The van der Waals surface area contributed by atoms with Gasteiger partial charge in [-0.3, -0.25) is 15.1 Å². The first-order valence-corrected chi connectivity index (χ1v) is 9.63. The maximum Gasteiger partial charge on any atom is 0.293 e. The Bertz CT molecular complexity index is 1220. The van der Waals surface area contributed by atoms with Gasteiger partial charge in [0.05, 0.1) is 5.52 Å². The molecule has 0 aliphatic carbocycles. The van der Waals surface area contributed by atoms with Gasteiger partial charge in [-0.2, -0.15) is 0 Å². The smallest absolute Gasteiger partial charge is 0.293 e. The molecule has 2 N–H and O–H groups in total. The van der Waals surface area contributed by atoms with Gasteiger partial charge in [0.15, 0.2) is 10.9 Å². The molecule has 7 heteroatoms. The standard InChI is InChI=1S/C22H16ClN3O2S/c1-13-5-10-16-17(24-13)3-2-4-18(16)25-22(29)26-21(27)20-12-11-19(28-20)14-6-8-15(23)9-7-14/h2-12H,1H3,(H2,25,26,27,29). The Kier molecular flexibility index (Phi) is 5.29. The van der Waals surface area contributed by atoms with Gasteiger partial charge in [-0.15, -0.1) is 0 Å². The third kappa shape index (κ3) is 4.29. The summed E-state index contributed by atoms with van der Waals surface area (Å²) in [7, 11) is 0. The molecule has 5 nitrogen and oxygen atoms in total. The van der Waals surface area contributed by atoms with E-state index in [4.69, 9.17) is 28.2 Å².